The van der Waals surface area contributed by atoms with Crippen molar-refractivity contribution in [1.29, 1.82) is 0 Å². The van der Waals surface area contributed by atoms with Gasteiger partial charge in [-0.05, 0) is 30.9 Å². The molecule has 3 aromatic rings. The summed E-state index contributed by atoms with van der Waals surface area (Å²) in [6, 6.07) is 16.6. The van der Waals surface area contributed by atoms with Gasteiger partial charge in [-0.3, -0.25) is 14.6 Å². The SMILES string of the molecule is COc1cccc(Cn2c(Cc3ccccc3)nc3c2C(=O)N(C)C2=N[C@@H]4CCC[C@@H]4N23)c1OC. The number of rotatable bonds is 6. The van der Waals surface area contributed by atoms with Crippen molar-refractivity contribution in [3.05, 3.63) is 71.2 Å². The molecular weight excluding hydrogens is 442 g/mol. The van der Waals surface area contributed by atoms with Crippen LogP contribution in [0.4, 0.5) is 5.82 Å². The molecule has 6 rings (SSSR count). The summed E-state index contributed by atoms with van der Waals surface area (Å²) in [4.78, 5) is 27.7. The molecule has 180 valence electrons. The van der Waals surface area contributed by atoms with E-state index in [0.29, 0.717) is 30.2 Å². The van der Waals surface area contributed by atoms with Crippen molar-refractivity contribution in [2.24, 2.45) is 4.99 Å². The van der Waals surface area contributed by atoms with E-state index >= 15 is 0 Å². The van der Waals surface area contributed by atoms with Gasteiger partial charge in [0.2, 0.25) is 5.96 Å². The Kier molecular flexibility index (Phi) is 5.24. The number of carbonyl (C=O) groups excluding carboxylic acids is 1. The second kappa shape index (κ2) is 8.45. The number of aromatic nitrogens is 2. The molecule has 3 heterocycles. The van der Waals surface area contributed by atoms with Gasteiger partial charge < -0.3 is 14.0 Å². The van der Waals surface area contributed by atoms with Crippen LogP contribution in [0.1, 0.15) is 46.7 Å². The number of anilines is 1. The maximum absolute atomic E-state index is 13.7. The normalized spacial score (nSPS) is 20.4. The van der Waals surface area contributed by atoms with E-state index in [2.05, 4.69) is 21.6 Å². The lowest BCUT2D eigenvalue weighted by Gasteiger charge is -2.34. The standard InChI is InChI=1S/C27H29N5O3/c1-30-26(33)23-25(32-20-13-8-12-19(20)28-27(30)32)29-22(15-17-9-5-4-6-10-17)31(23)16-18-11-7-14-21(34-2)24(18)35-3/h4-7,9-11,14,19-20H,8,12-13,15-16H2,1-3H3/t19-,20+/m1/s1. The van der Waals surface area contributed by atoms with Crippen LogP contribution in [0, 0.1) is 0 Å². The number of aliphatic imine (C=N–C) groups is 1. The molecule has 2 aromatic carbocycles. The first-order chi connectivity index (χ1) is 17.1. The summed E-state index contributed by atoms with van der Waals surface area (Å²) < 4.78 is 13.3. The molecule has 1 saturated carbocycles. The van der Waals surface area contributed by atoms with Crippen LogP contribution >= 0.6 is 0 Å². The number of imidazole rings is 1. The zero-order valence-corrected chi connectivity index (χ0v) is 20.3. The van der Waals surface area contributed by atoms with Crippen molar-refractivity contribution in [2.75, 3.05) is 26.2 Å². The van der Waals surface area contributed by atoms with E-state index in [1.807, 2.05) is 43.4 Å². The van der Waals surface area contributed by atoms with Crippen molar-refractivity contribution in [3.8, 4) is 11.5 Å². The zero-order chi connectivity index (χ0) is 24.1. The maximum Gasteiger partial charge on any atom is 0.280 e. The van der Waals surface area contributed by atoms with Crippen LogP contribution in [0.15, 0.2) is 53.5 Å². The number of guanidine groups is 1. The molecule has 0 bridgehead atoms. The largest absolute Gasteiger partial charge is 0.493 e. The Morgan fingerprint density at radius 2 is 1.86 bits per heavy atom. The fraction of sp³-hybridized carbons (Fsp3) is 0.370. The van der Waals surface area contributed by atoms with Crippen LogP contribution in [-0.4, -0.2) is 59.7 Å². The third-order valence-electron chi connectivity index (χ3n) is 7.35. The molecule has 1 fully saturated rings. The van der Waals surface area contributed by atoms with Crippen LogP contribution < -0.4 is 14.4 Å². The molecule has 0 radical (unpaired) electrons. The number of amides is 1. The maximum atomic E-state index is 13.7. The Morgan fingerprint density at radius 3 is 2.63 bits per heavy atom. The second-order valence-electron chi connectivity index (χ2n) is 9.33. The van der Waals surface area contributed by atoms with E-state index in [-0.39, 0.29) is 18.0 Å². The molecule has 0 spiro atoms. The van der Waals surface area contributed by atoms with Crippen molar-refractivity contribution in [1.82, 2.24) is 14.5 Å². The first kappa shape index (κ1) is 21.7. The summed E-state index contributed by atoms with van der Waals surface area (Å²) in [6.07, 6.45) is 3.88. The molecule has 0 unspecified atom stereocenters. The monoisotopic (exact) mass is 471 g/mol. The molecule has 3 aliphatic rings. The van der Waals surface area contributed by atoms with E-state index in [1.165, 1.54) is 0 Å². The lowest BCUT2D eigenvalue weighted by molar-refractivity contribution is 0.0854. The number of hydrogen-bond donors (Lipinski definition) is 0. The van der Waals surface area contributed by atoms with Gasteiger partial charge in [-0.25, -0.2) is 9.98 Å². The van der Waals surface area contributed by atoms with Gasteiger partial charge in [-0.15, -0.1) is 0 Å². The molecular formula is C27H29N5O3. The van der Waals surface area contributed by atoms with Gasteiger partial charge >= 0.3 is 0 Å². The number of fused-ring (bicyclic) bond motifs is 5. The van der Waals surface area contributed by atoms with Crippen molar-refractivity contribution in [3.63, 3.8) is 0 Å². The zero-order valence-electron chi connectivity index (χ0n) is 20.3. The minimum atomic E-state index is -0.0800. The Labute approximate surface area is 204 Å². The fourth-order valence-corrected chi connectivity index (χ4v) is 5.68. The lowest BCUT2D eigenvalue weighted by atomic mass is 10.1. The summed E-state index contributed by atoms with van der Waals surface area (Å²) in [5.41, 5.74) is 2.68. The van der Waals surface area contributed by atoms with Gasteiger partial charge in [0.25, 0.3) is 5.91 Å². The summed E-state index contributed by atoms with van der Waals surface area (Å²) in [5.74, 6) is 3.55. The molecule has 1 amide bonds. The van der Waals surface area contributed by atoms with Gasteiger partial charge in [-0.1, -0.05) is 42.5 Å². The van der Waals surface area contributed by atoms with E-state index in [9.17, 15) is 4.79 Å². The minimum Gasteiger partial charge on any atom is -0.493 e. The van der Waals surface area contributed by atoms with Gasteiger partial charge in [0.05, 0.1) is 32.8 Å². The van der Waals surface area contributed by atoms with Crippen LogP contribution in [0.2, 0.25) is 0 Å². The number of ether oxygens (including phenoxy) is 2. The third-order valence-corrected chi connectivity index (χ3v) is 7.35. The third kappa shape index (κ3) is 3.38. The predicted octanol–water partition coefficient (Wildman–Crippen LogP) is 3.72. The van der Waals surface area contributed by atoms with Crippen LogP contribution in [0.5, 0.6) is 11.5 Å². The van der Waals surface area contributed by atoms with E-state index in [4.69, 9.17) is 19.5 Å². The summed E-state index contributed by atoms with van der Waals surface area (Å²) >= 11 is 0. The quantitative estimate of drug-likeness (QED) is 0.548. The van der Waals surface area contributed by atoms with Crippen molar-refractivity contribution in [2.45, 2.75) is 44.3 Å². The molecule has 0 saturated heterocycles. The van der Waals surface area contributed by atoms with Crippen LogP contribution in [0.25, 0.3) is 0 Å². The highest BCUT2D eigenvalue weighted by Gasteiger charge is 2.49. The average Bonchev–Trinajstić information content (AvgIpc) is 3.57. The van der Waals surface area contributed by atoms with Gasteiger partial charge in [0, 0.05) is 19.0 Å². The van der Waals surface area contributed by atoms with Gasteiger partial charge in [0.1, 0.15) is 5.82 Å². The highest BCUT2D eigenvalue weighted by molar-refractivity contribution is 6.18. The smallest absolute Gasteiger partial charge is 0.280 e. The molecule has 35 heavy (non-hydrogen) atoms. The highest BCUT2D eigenvalue weighted by atomic mass is 16.5. The van der Waals surface area contributed by atoms with Gasteiger partial charge in [-0.2, -0.15) is 0 Å². The number of carbonyl (C=O) groups is 1. The molecule has 1 aliphatic carbocycles. The number of methoxy groups -OCH3 is 2. The van der Waals surface area contributed by atoms with Crippen molar-refractivity contribution >= 4 is 17.7 Å². The van der Waals surface area contributed by atoms with E-state index in [0.717, 1.165) is 48.0 Å². The summed E-state index contributed by atoms with van der Waals surface area (Å²) in [7, 11) is 5.09. The lowest BCUT2D eigenvalue weighted by Crippen LogP contribution is -2.51. The number of benzene rings is 2. The number of hydrogen-bond acceptors (Lipinski definition) is 6. The predicted molar refractivity (Wildman–Crippen MR) is 134 cm³/mol. The first-order valence-corrected chi connectivity index (χ1v) is 12.1. The Balaban J connectivity index is 1.51. The average molecular weight is 472 g/mol. The second-order valence-corrected chi connectivity index (χ2v) is 9.33. The molecule has 1 aromatic heterocycles. The molecule has 8 nitrogen and oxygen atoms in total. The summed E-state index contributed by atoms with van der Waals surface area (Å²) in [6.45, 7) is 0.443. The van der Waals surface area contributed by atoms with Crippen LogP contribution in [0.3, 0.4) is 0 Å². The first-order valence-electron chi connectivity index (χ1n) is 12.1. The topological polar surface area (TPSA) is 72.2 Å². The molecule has 2 aliphatic heterocycles. The fourth-order valence-electron chi connectivity index (χ4n) is 5.68. The molecule has 8 heteroatoms. The van der Waals surface area contributed by atoms with Gasteiger partial charge in [0.15, 0.2) is 23.0 Å². The summed E-state index contributed by atoms with van der Waals surface area (Å²) in [5, 5.41) is 0. The molecule has 0 N–H and O–H groups in total. The minimum absolute atomic E-state index is 0.0800. The Hall–Kier alpha value is -3.81. The van der Waals surface area contributed by atoms with Crippen molar-refractivity contribution < 1.29 is 14.3 Å². The number of para-hydroxylation sites is 1. The Morgan fingerprint density at radius 1 is 1.03 bits per heavy atom. The Bertz CT molecular complexity index is 1320. The molecule has 2 atom stereocenters. The number of nitrogens with zero attached hydrogens (tertiary/aromatic N) is 5. The highest BCUT2D eigenvalue weighted by Crippen LogP contribution is 2.41. The van der Waals surface area contributed by atoms with Crippen LogP contribution in [-0.2, 0) is 13.0 Å². The van der Waals surface area contributed by atoms with E-state index in [1.54, 1.807) is 19.1 Å². The van der Waals surface area contributed by atoms with E-state index < -0.39 is 0 Å².